The Bertz CT molecular complexity index is 597. The van der Waals surface area contributed by atoms with E-state index in [1.807, 2.05) is 37.2 Å². The maximum Gasteiger partial charge on any atom is 0.278 e. The average Bonchev–Trinajstić information content (AvgIpc) is 2.39. The number of benzene rings is 1. The van der Waals surface area contributed by atoms with Crippen molar-refractivity contribution in [3.05, 3.63) is 48.3 Å². The Morgan fingerprint density at radius 3 is 2.74 bits per heavy atom. The Morgan fingerprint density at radius 2 is 2.05 bits per heavy atom. The molecule has 0 saturated carbocycles. The van der Waals surface area contributed by atoms with Crippen molar-refractivity contribution in [2.45, 2.75) is 0 Å². The highest BCUT2D eigenvalue weighted by Gasteiger charge is 2.12. The molecular weight excluding hydrogens is 242 g/mol. The first-order valence-corrected chi connectivity index (χ1v) is 5.80. The average molecular weight is 257 g/mol. The minimum absolute atomic E-state index is 0.0118. The molecule has 0 aliphatic rings. The van der Waals surface area contributed by atoms with Gasteiger partial charge < -0.3 is 15.3 Å². The van der Waals surface area contributed by atoms with Gasteiger partial charge in [-0.2, -0.15) is 0 Å². The number of anilines is 2. The standard InChI is InChI=1S/C14H15N3O2/c1-17(2)11-6-3-5-10(9-11)16-14(19)13-12(18)7-4-8-15-13/h3-9,18H,1-2H3,(H,16,19). The molecule has 0 spiro atoms. The maximum atomic E-state index is 12.0. The van der Waals surface area contributed by atoms with Gasteiger partial charge in [-0.1, -0.05) is 6.07 Å². The van der Waals surface area contributed by atoms with E-state index in [1.54, 1.807) is 12.1 Å². The molecule has 0 fully saturated rings. The SMILES string of the molecule is CN(C)c1cccc(NC(=O)c2ncccc2O)c1. The Hall–Kier alpha value is -2.56. The highest BCUT2D eigenvalue weighted by atomic mass is 16.3. The number of aromatic nitrogens is 1. The van der Waals surface area contributed by atoms with Crippen LogP contribution in [0.1, 0.15) is 10.5 Å². The van der Waals surface area contributed by atoms with Gasteiger partial charge in [0.05, 0.1) is 0 Å². The summed E-state index contributed by atoms with van der Waals surface area (Å²) < 4.78 is 0. The largest absolute Gasteiger partial charge is 0.505 e. The van der Waals surface area contributed by atoms with E-state index in [2.05, 4.69) is 10.3 Å². The van der Waals surface area contributed by atoms with Gasteiger partial charge in [0.25, 0.3) is 5.91 Å². The van der Waals surface area contributed by atoms with Crippen LogP contribution < -0.4 is 10.2 Å². The molecule has 1 heterocycles. The second kappa shape index (κ2) is 5.39. The molecule has 0 radical (unpaired) electrons. The summed E-state index contributed by atoms with van der Waals surface area (Å²) in [6, 6.07) is 10.4. The summed E-state index contributed by atoms with van der Waals surface area (Å²) in [5, 5.41) is 12.3. The van der Waals surface area contributed by atoms with E-state index in [9.17, 15) is 9.90 Å². The van der Waals surface area contributed by atoms with Gasteiger partial charge in [0.2, 0.25) is 0 Å². The Kier molecular flexibility index (Phi) is 3.66. The molecule has 0 saturated heterocycles. The van der Waals surface area contributed by atoms with Crippen molar-refractivity contribution in [3.63, 3.8) is 0 Å². The summed E-state index contributed by atoms with van der Waals surface area (Å²) in [6.07, 6.45) is 1.46. The second-order valence-electron chi connectivity index (χ2n) is 4.27. The van der Waals surface area contributed by atoms with Crippen LogP contribution in [-0.4, -0.2) is 30.1 Å². The van der Waals surface area contributed by atoms with E-state index in [0.717, 1.165) is 5.69 Å². The molecule has 19 heavy (non-hydrogen) atoms. The van der Waals surface area contributed by atoms with E-state index in [0.29, 0.717) is 5.69 Å². The van der Waals surface area contributed by atoms with Gasteiger partial charge in [0, 0.05) is 31.7 Å². The lowest BCUT2D eigenvalue weighted by atomic mass is 10.2. The highest BCUT2D eigenvalue weighted by Crippen LogP contribution is 2.19. The van der Waals surface area contributed by atoms with E-state index < -0.39 is 5.91 Å². The number of hydrogen-bond donors (Lipinski definition) is 2. The smallest absolute Gasteiger partial charge is 0.278 e. The predicted octanol–water partition coefficient (Wildman–Crippen LogP) is 2.11. The van der Waals surface area contributed by atoms with Crippen LogP contribution in [0, 0.1) is 0 Å². The summed E-state index contributed by atoms with van der Waals surface area (Å²) in [7, 11) is 3.84. The lowest BCUT2D eigenvalue weighted by molar-refractivity contribution is 0.101. The van der Waals surface area contributed by atoms with Gasteiger partial charge in [0.1, 0.15) is 5.75 Å². The van der Waals surface area contributed by atoms with Crippen LogP contribution in [-0.2, 0) is 0 Å². The number of carbonyl (C=O) groups excluding carboxylic acids is 1. The number of carbonyl (C=O) groups is 1. The number of nitrogens with zero attached hydrogens (tertiary/aromatic N) is 2. The summed E-state index contributed by atoms with van der Waals surface area (Å²) >= 11 is 0. The van der Waals surface area contributed by atoms with Crippen LogP contribution in [0.4, 0.5) is 11.4 Å². The zero-order chi connectivity index (χ0) is 13.8. The number of nitrogens with one attached hydrogen (secondary N) is 1. The lowest BCUT2D eigenvalue weighted by Crippen LogP contribution is -2.14. The first-order valence-electron chi connectivity index (χ1n) is 5.80. The van der Waals surface area contributed by atoms with Gasteiger partial charge in [-0.05, 0) is 30.3 Å². The van der Waals surface area contributed by atoms with E-state index >= 15 is 0 Å². The van der Waals surface area contributed by atoms with Crippen molar-refractivity contribution >= 4 is 17.3 Å². The molecule has 0 unspecified atom stereocenters. The fourth-order valence-electron chi connectivity index (χ4n) is 1.62. The number of rotatable bonds is 3. The van der Waals surface area contributed by atoms with E-state index in [4.69, 9.17) is 0 Å². The van der Waals surface area contributed by atoms with Gasteiger partial charge >= 0.3 is 0 Å². The first-order chi connectivity index (χ1) is 9.08. The Balaban J connectivity index is 2.20. The van der Waals surface area contributed by atoms with Crippen molar-refractivity contribution in [3.8, 4) is 5.75 Å². The third kappa shape index (κ3) is 3.01. The maximum absolute atomic E-state index is 12.0. The molecular formula is C14H15N3O2. The molecule has 2 rings (SSSR count). The highest BCUT2D eigenvalue weighted by molar-refractivity contribution is 6.04. The number of amides is 1. The van der Waals surface area contributed by atoms with E-state index in [1.165, 1.54) is 12.3 Å². The summed E-state index contributed by atoms with van der Waals surface area (Å²) in [5.41, 5.74) is 1.64. The number of pyridine rings is 1. The summed E-state index contributed by atoms with van der Waals surface area (Å²) in [4.78, 5) is 17.8. The molecule has 0 atom stereocenters. The zero-order valence-corrected chi connectivity index (χ0v) is 10.8. The third-order valence-electron chi connectivity index (χ3n) is 2.62. The topological polar surface area (TPSA) is 65.5 Å². The van der Waals surface area contributed by atoms with Crippen molar-refractivity contribution in [2.75, 3.05) is 24.3 Å². The van der Waals surface area contributed by atoms with Gasteiger partial charge in [-0.3, -0.25) is 4.79 Å². The summed E-state index contributed by atoms with van der Waals surface area (Å²) in [5.74, 6) is -0.572. The molecule has 5 heteroatoms. The normalized spacial score (nSPS) is 10.0. The minimum atomic E-state index is -0.436. The van der Waals surface area contributed by atoms with Gasteiger partial charge in [0.15, 0.2) is 5.69 Å². The molecule has 2 aromatic rings. The van der Waals surface area contributed by atoms with Crippen molar-refractivity contribution in [1.82, 2.24) is 4.98 Å². The summed E-state index contributed by atoms with van der Waals surface area (Å²) in [6.45, 7) is 0. The van der Waals surface area contributed by atoms with Crippen LogP contribution in [0.5, 0.6) is 5.75 Å². The fourth-order valence-corrected chi connectivity index (χ4v) is 1.62. The molecule has 0 bridgehead atoms. The Morgan fingerprint density at radius 1 is 1.26 bits per heavy atom. The molecule has 1 aromatic heterocycles. The number of aromatic hydroxyl groups is 1. The van der Waals surface area contributed by atoms with Crippen molar-refractivity contribution < 1.29 is 9.90 Å². The molecule has 98 valence electrons. The zero-order valence-electron chi connectivity index (χ0n) is 10.8. The monoisotopic (exact) mass is 257 g/mol. The van der Waals surface area contributed by atoms with Crippen molar-refractivity contribution in [2.24, 2.45) is 0 Å². The van der Waals surface area contributed by atoms with Gasteiger partial charge in [-0.15, -0.1) is 0 Å². The van der Waals surface area contributed by atoms with E-state index in [-0.39, 0.29) is 11.4 Å². The molecule has 0 aliphatic carbocycles. The third-order valence-corrected chi connectivity index (χ3v) is 2.62. The van der Waals surface area contributed by atoms with Crippen LogP contribution >= 0.6 is 0 Å². The Labute approximate surface area is 111 Å². The van der Waals surface area contributed by atoms with Gasteiger partial charge in [-0.25, -0.2) is 4.98 Å². The first kappa shape index (κ1) is 12.9. The second-order valence-corrected chi connectivity index (χ2v) is 4.27. The fraction of sp³-hybridized carbons (Fsp3) is 0.143. The number of hydrogen-bond acceptors (Lipinski definition) is 4. The minimum Gasteiger partial charge on any atom is -0.505 e. The van der Waals surface area contributed by atoms with Crippen LogP contribution in [0.3, 0.4) is 0 Å². The molecule has 5 nitrogen and oxygen atoms in total. The predicted molar refractivity (Wildman–Crippen MR) is 74.6 cm³/mol. The quantitative estimate of drug-likeness (QED) is 0.883. The van der Waals surface area contributed by atoms with Crippen LogP contribution in [0.2, 0.25) is 0 Å². The van der Waals surface area contributed by atoms with Crippen LogP contribution in [0.25, 0.3) is 0 Å². The van der Waals surface area contributed by atoms with Crippen LogP contribution in [0.15, 0.2) is 42.6 Å². The molecule has 1 amide bonds. The lowest BCUT2D eigenvalue weighted by Gasteiger charge is -2.14. The van der Waals surface area contributed by atoms with Crippen molar-refractivity contribution in [1.29, 1.82) is 0 Å². The molecule has 2 N–H and O–H groups in total. The molecule has 0 aliphatic heterocycles. The molecule has 1 aromatic carbocycles.